The molecule has 25 heavy (non-hydrogen) atoms. The minimum atomic E-state index is -0.0983. The number of ether oxygens (including phenoxy) is 2. The molecule has 2 aromatic carbocycles. The number of hydrogen-bond acceptors (Lipinski definition) is 3. The van der Waals surface area contributed by atoms with E-state index in [2.05, 4.69) is 24.4 Å². The first kappa shape index (κ1) is 18.6. The lowest BCUT2D eigenvalue weighted by Gasteiger charge is -2.10. The Morgan fingerprint density at radius 1 is 1.04 bits per heavy atom. The standard InChI is InChI=1S/C21H25NO3/c1-4-5-6-7-16-8-11-18(12-9-16)21(23)22-15-17-10-13-19(24-2)20(14-17)25-3/h6-14H,4-5,15H2,1-3H3,(H,22,23)/b7-6+. The molecule has 0 atom stereocenters. The SMILES string of the molecule is CCC/C=C/c1ccc(C(=O)NCc2ccc(OC)c(OC)c2)cc1. The largest absolute Gasteiger partial charge is 0.493 e. The summed E-state index contributed by atoms with van der Waals surface area (Å²) in [5, 5.41) is 2.92. The second-order valence-corrected chi connectivity index (χ2v) is 5.69. The van der Waals surface area contributed by atoms with E-state index < -0.39 is 0 Å². The van der Waals surface area contributed by atoms with E-state index in [1.165, 1.54) is 0 Å². The predicted molar refractivity (Wildman–Crippen MR) is 101 cm³/mol. The topological polar surface area (TPSA) is 47.6 Å². The first-order valence-electron chi connectivity index (χ1n) is 8.43. The van der Waals surface area contributed by atoms with Gasteiger partial charge in [0.25, 0.3) is 5.91 Å². The minimum absolute atomic E-state index is 0.0983. The van der Waals surface area contributed by atoms with Crippen LogP contribution in [0.4, 0.5) is 0 Å². The van der Waals surface area contributed by atoms with Crippen LogP contribution in [0.1, 0.15) is 41.3 Å². The fourth-order valence-electron chi connectivity index (χ4n) is 2.41. The monoisotopic (exact) mass is 339 g/mol. The fraction of sp³-hybridized carbons (Fsp3) is 0.286. The molecule has 0 aliphatic carbocycles. The van der Waals surface area contributed by atoms with Crippen LogP contribution in [0, 0.1) is 0 Å². The maximum atomic E-state index is 12.3. The number of unbranched alkanes of at least 4 members (excludes halogenated alkanes) is 1. The number of methoxy groups -OCH3 is 2. The predicted octanol–water partition coefficient (Wildman–Crippen LogP) is 4.45. The van der Waals surface area contributed by atoms with Gasteiger partial charge in [-0.15, -0.1) is 0 Å². The van der Waals surface area contributed by atoms with E-state index in [4.69, 9.17) is 9.47 Å². The quantitative estimate of drug-likeness (QED) is 0.773. The molecule has 2 aromatic rings. The smallest absolute Gasteiger partial charge is 0.251 e. The Hall–Kier alpha value is -2.75. The van der Waals surface area contributed by atoms with Crippen LogP contribution in [0.2, 0.25) is 0 Å². The fourth-order valence-corrected chi connectivity index (χ4v) is 2.41. The summed E-state index contributed by atoms with van der Waals surface area (Å²) in [4.78, 5) is 12.3. The number of hydrogen-bond donors (Lipinski definition) is 1. The second kappa shape index (κ2) is 9.52. The highest BCUT2D eigenvalue weighted by molar-refractivity contribution is 5.94. The summed E-state index contributed by atoms with van der Waals surface area (Å²) in [6, 6.07) is 13.2. The Morgan fingerprint density at radius 2 is 1.76 bits per heavy atom. The highest BCUT2D eigenvalue weighted by atomic mass is 16.5. The second-order valence-electron chi connectivity index (χ2n) is 5.69. The van der Waals surface area contributed by atoms with E-state index in [9.17, 15) is 4.79 Å². The van der Waals surface area contributed by atoms with Crippen LogP contribution in [0.15, 0.2) is 48.5 Å². The van der Waals surface area contributed by atoms with Gasteiger partial charge in [-0.25, -0.2) is 0 Å². The van der Waals surface area contributed by atoms with Crippen molar-refractivity contribution in [3.8, 4) is 11.5 Å². The van der Waals surface area contributed by atoms with Crippen LogP contribution in [0.3, 0.4) is 0 Å². The molecule has 0 heterocycles. The summed E-state index contributed by atoms with van der Waals surface area (Å²) in [7, 11) is 3.19. The molecule has 1 amide bonds. The van der Waals surface area contributed by atoms with Crippen molar-refractivity contribution in [2.45, 2.75) is 26.3 Å². The third kappa shape index (κ3) is 5.38. The van der Waals surface area contributed by atoms with E-state index in [0.29, 0.717) is 23.6 Å². The molecule has 0 saturated carbocycles. The van der Waals surface area contributed by atoms with Gasteiger partial charge in [-0.3, -0.25) is 4.79 Å². The molecule has 0 unspecified atom stereocenters. The lowest BCUT2D eigenvalue weighted by Crippen LogP contribution is -2.22. The van der Waals surface area contributed by atoms with Crippen molar-refractivity contribution in [3.05, 3.63) is 65.2 Å². The number of carbonyl (C=O) groups is 1. The van der Waals surface area contributed by atoms with E-state index in [-0.39, 0.29) is 5.91 Å². The molecule has 0 aliphatic rings. The van der Waals surface area contributed by atoms with E-state index in [1.54, 1.807) is 14.2 Å². The number of rotatable bonds is 8. The maximum absolute atomic E-state index is 12.3. The molecule has 0 aromatic heterocycles. The molecule has 0 aliphatic heterocycles. The first-order chi connectivity index (χ1) is 12.2. The van der Waals surface area contributed by atoms with Crippen molar-refractivity contribution in [2.24, 2.45) is 0 Å². The molecular weight excluding hydrogens is 314 g/mol. The molecule has 4 nitrogen and oxygen atoms in total. The van der Waals surface area contributed by atoms with Gasteiger partial charge in [-0.2, -0.15) is 0 Å². The maximum Gasteiger partial charge on any atom is 0.251 e. The van der Waals surface area contributed by atoms with Gasteiger partial charge in [-0.05, 0) is 41.8 Å². The number of carbonyl (C=O) groups excluding carboxylic acids is 1. The van der Waals surface area contributed by atoms with Gasteiger partial charge in [0.05, 0.1) is 14.2 Å². The normalized spacial score (nSPS) is 10.7. The summed E-state index contributed by atoms with van der Waals surface area (Å²) in [6.45, 7) is 2.58. The van der Waals surface area contributed by atoms with Crippen molar-refractivity contribution in [1.29, 1.82) is 0 Å². The molecule has 0 fully saturated rings. The summed E-state index contributed by atoms with van der Waals surface area (Å²) in [5.41, 5.74) is 2.70. The van der Waals surface area contributed by atoms with Crippen molar-refractivity contribution < 1.29 is 14.3 Å². The lowest BCUT2D eigenvalue weighted by molar-refractivity contribution is 0.0951. The van der Waals surface area contributed by atoms with Gasteiger partial charge in [0.1, 0.15) is 0 Å². The van der Waals surface area contributed by atoms with Crippen molar-refractivity contribution in [2.75, 3.05) is 14.2 Å². The molecule has 2 rings (SSSR count). The molecule has 0 spiro atoms. The number of allylic oxidation sites excluding steroid dienone is 1. The average Bonchev–Trinajstić information content (AvgIpc) is 2.66. The van der Waals surface area contributed by atoms with Gasteiger partial charge in [0.2, 0.25) is 0 Å². The van der Waals surface area contributed by atoms with Gasteiger partial charge in [0, 0.05) is 12.1 Å². The van der Waals surface area contributed by atoms with Crippen LogP contribution in [-0.2, 0) is 6.54 Å². The number of benzene rings is 2. The molecule has 132 valence electrons. The van der Waals surface area contributed by atoms with Gasteiger partial charge in [0.15, 0.2) is 11.5 Å². The van der Waals surface area contributed by atoms with Gasteiger partial charge >= 0.3 is 0 Å². The summed E-state index contributed by atoms with van der Waals surface area (Å²) < 4.78 is 10.5. The third-order valence-corrected chi connectivity index (χ3v) is 3.84. The van der Waals surface area contributed by atoms with E-state index >= 15 is 0 Å². The van der Waals surface area contributed by atoms with E-state index in [0.717, 1.165) is 24.0 Å². The third-order valence-electron chi connectivity index (χ3n) is 3.84. The molecule has 0 saturated heterocycles. The zero-order valence-electron chi connectivity index (χ0n) is 15.0. The Labute approximate surface area is 149 Å². The van der Waals surface area contributed by atoms with Crippen LogP contribution in [0.25, 0.3) is 6.08 Å². The van der Waals surface area contributed by atoms with E-state index in [1.807, 2.05) is 42.5 Å². The molecule has 0 bridgehead atoms. The minimum Gasteiger partial charge on any atom is -0.493 e. The van der Waals surface area contributed by atoms with Crippen molar-refractivity contribution in [1.82, 2.24) is 5.32 Å². The molecule has 4 heteroatoms. The summed E-state index contributed by atoms with van der Waals surface area (Å²) in [6.07, 6.45) is 6.42. The van der Waals surface area contributed by atoms with Crippen LogP contribution in [0.5, 0.6) is 11.5 Å². The van der Waals surface area contributed by atoms with Crippen molar-refractivity contribution >= 4 is 12.0 Å². The lowest BCUT2D eigenvalue weighted by atomic mass is 10.1. The Morgan fingerprint density at radius 3 is 2.40 bits per heavy atom. The number of nitrogens with one attached hydrogen (secondary N) is 1. The van der Waals surface area contributed by atoms with Crippen LogP contribution in [-0.4, -0.2) is 20.1 Å². The zero-order valence-corrected chi connectivity index (χ0v) is 15.0. The summed E-state index contributed by atoms with van der Waals surface area (Å²) >= 11 is 0. The summed E-state index contributed by atoms with van der Waals surface area (Å²) in [5.74, 6) is 1.22. The first-order valence-corrected chi connectivity index (χ1v) is 8.43. The highest BCUT2D eigenvalue weighted by Gasteiger charge is 2.07. The van der Waals surface area contributed by atoms with Crippen molar-refractivity contribution in [3.63, 3.8) is 0 Å². The van der Waals surface area contributed by atoms with Crippen LogP contribution >= 0.6 is 0 Å². The Bertz CT molecular complexity index is 720. The Balaban J connectivity index is 1.96. The molecule has 0 radical (unpaired) electrons. The Kier molecular flexibility index (Phi) is 7.08. The highest BCUT2D eigenvalue weighted by Crippen LogP contribution is 2.27. The zero-order chi connectivity index (χ0) is 18.1. The molecular formula is C21H25NO3. The van der Waals surface area contributed by atoms with Gasteiger partial charge < -0.3 is 14.8 Å². The molecule has 1 N–H and O–H groups in total. The van der Waals surface area contributed by atoms with Gasteiger partial charge in [-0.1, -0.05) is 43.7 Å². The average molecular weight is 339 g/mol. The number of amides is 1. The van der Waals surface area contributed by atoms with Crippen LogP contribution < -0.4 is 14.8 Å².